The van der Waals surface area contributed by atoms with Crippen molar-refractivity contribution in [2.24, 2.45) is 0 Å². The van der Waals surface area contributed by atoms with E-state index in [2.05, 4.69) is 19.2 Å². The van der Waals surface area contributed by atoms with Crippen LogP contribution in [-0.2, 0) is 4.79 Å². The minimum Gasteiger partial charge on any atom is -0.495 e. The zero-order valence-electron chi connectivity index (χ0n) is 13.3. The van der Waals surface area contributed by atoms with Gasteiger partial charge in [-0.05, 0) is 31.4 Å². The van der Waals surface area contributed by atoms with Crippen molar-refractivity contribution in [1.82, 2.24) is 4.90 Å². The van der Waals surface area contributed by atoms with Crippen molar-refractivity contribution in [2.75, 3.05) is 32.1 Å². The molecule has 118 valence electrons. The van der Waals surface area contributed by atoms with Crippen LogP contribution in [-0.4, -0.2) is 37.6 Å². The van der Waals surface area contributed by atoms with Crippen LogP contribution in [0.4, 0.5) is 5.69 Å². The highest BCUT2D eigenvalue weighted by atomic mass is 35.5. The Morgan fingerprint density at radius 1 is 1.29 bits per heavy atom. The summed E-state index contributed by atoms with van der Waals surface area (Å²) in [5.41, 5.74) is 1.74. The van der Waals surface area contributed by atoms with E-state index < -0.39 is 0 Å². The van der Waals surface area contributed by atoms with E-state index in [-0.39, 0.29) is 12.5 Å². The Labute approximate surface area is 132 Å². The molecule has 0 aromatic heterocycles. The van der Waals surface area contributed by atoms with Crippen LogP contribution in [0.1, 0.15) is 32.3 Å². The van der Waals surface area contributed by atoms with Crippen LogP contribution in [0.2, 0.25) is 5.02 Å². The molecule has 1 N–H and O–H groups in total. The molecule has 0 fully saturated rings. The van der Waals surface area contributed by atoms with Crippen LogP contribution in [0.3, 0.4) is 0 Å². The van der Waals surface area contributed by atoms with Crippen LogP contribution in [0.5, 0.6) is 5.75 Å². The second kappa shape index (κ2) is 8.78. The van der Waals surface area contributed by atoms with Gasteiger partial charge in [0.1, 0.15) is 5.75 Å². The molecule has 1 rings (SSSR count). The summed E-state index contributed by atoms with van der Waals surface area (Å²) >= 11 is 6.08. The smallest absolute Gasteiger partial charge is 0.241 e. The van der Waals surface area contributed by atoms with Gasteiger partial charge in [-0.25, -0.2) is 0 Å². The van der Waals surface area contributed by atoms with Crippen molar-refractivity contribution in [3.8, 4) is 5.75 Å². The third-order valence-electron chi connectivity index (χ3n) is 3.25. The molecule has 0 aliphatic rings. The fourth-order valence-corrected chi connectivity index (χ4v) is 2.31. The fraction of sp³-hybridized carbons (Fsp3) is 0.562. The molecule has 0 bridgehead atoms. The SMILES string of the molecule is CCCN(CCC)C(=O)CNc1cc(C)c(Cl)cc1OC. The molecule has 0 radical (unpaired) electrons. The predicted octanol–water partition coefficient (Wildman–Crippen LogP) is 3.72. The lowest BCUT2D eigenvalue weighted by Crippen LogP contribution is -2.36. The molecule has 1 amide bonds. The van der Waals surface area contributed by atoms with E-state index in [1.807, 2.05) is 17.9 Å². The number of hydrogen-bond donors (Lipinski definition) is 1. The molecule has 5 heteroatoms. The van der Waals surface area contributed by atoms with Gasteiger partial charge >= 0.3 is 0 Å². The van der Waals surface area contributed by atoms with Gasteiger partial charge in [-0.2, -0.15) is 0 Å². The van der Waals surface area contributed by atoms with Crippen molar-refractivity contribution >= 4 is 23.2 Å². The van der Waals surface area contributed by atoms with Gasteiger partial charge in [0, 0.05) is 24.2 Å². The van der Waals surface area contributed by atoms with Crippen LogP contribution in [0.15, 0.2) is 12.1 Å². The summed E-state index contributed by atoms with van der Waals surface area (Å²) in [6.45, 7) is 7.94. The number of rotatable bonds is 8. The lowest BCUT2D eigenvalue weighted by Gasteiger charge is -2.22. The van der Waals surface area contributed by atoms with Gasteiger partial charge in [-0.1, -0.05) is 25.4 Å². The minimum atomic E-state index is 0.105. The standard InChI is InChI=1S/C16H25ClN2O2/c1-5-7-19(8-6-2)16(20)11-18-14-9-12(3)13(17)10-15(14)21-4/h9-10,18H,5-8,11H2,1-4H3. The number of benzene rings is 1. The topological polar surface area (TPSA) is 41.6 Å². The first kappa shape index (κ1) is 17.6. The average Bonchev–Trinajstić information content (AvgIpc) is 2.47. The molecule has 0 unspecified atom stereocenters. The normalized spacial score (nSPS) is 10.3. The number of methoxy groups -OCH3 is 1. The van der Waals surface area contributed by atoms with Crippen LogP contribution >= 0.6 is 11.6 Å². The Bertz CT molecular complexity index is 472. The summed E-state index contributed by atoms with van der Waals surface area (Å²) in [4.78, 5) is 14.1. The molecular formula is C16H25ClN2O2. The number of ether oxygens (including phenoxy) is 1. The molecule has 0 aliphatic heterocycles. The van der Waals surface area contributed by atoms with Crippen molar-refractivity contribution < 1.29 is 9.53 Å². The first-order valence-electron chi connectivity index (χ1n) is 7.39. The molecule has 4 nitrogen and oxygen atoms in total. The quantitative estimate of drug-likeness (QED) is 0.795. The van der Waals surface area contributed by atoms with Crippen molar-refractivity contribution in [2.45, 2.75) is 33.6 Å². The first-order chi connectivity index (χ1) is 10.0. The Morgan fingerprint density at radius 2 is 1.90 bits per heavy atom. The molecule has 0 spiro atoms. The first-order valence-corrected chi connectivity index (χ1v) is 7.77. The predicted molar refractivity (Wildman–Crippen MR) is 88.4 cm³/mol. The number of halogens is 1. The van der Waals surface area contributed by atoms with E-state index in [0.29, 0.717) is 10.8 Å². The van der Waals surface area contributed by atoms with Gasteiger partial charge in [0.05, 0.1) is 19.3 Å². The van der Waals surface area contributed by atoms with Crippen LogP contribution < -0.4 is 10.1 Å². The molecule has 0 saturated heterocycles. The molecule has 0 saturated carbocycles. The van der Waals surface area contributed by atoms with E-state index in [0.717, 1.165) is 37.2 Å². The average molecular weight is 313 g/mol. The highest BCUT2D eigenvalue weighted by molar-refractivity contribution is 6.31. The molecule has 0 atom stereocenters. The monoisotopic (exact) mass is 312 g/mol. The minimum absolute atomic E-state index is 0.105. The number of nitrogens with one attached hydrogen (secondary N) is 1. The Balaban J connectivity index is 2.73. The van der Waals surface area contributed by atoms with Gasteiger partial charge in [0.15, 0.2) is 0 Å². The number of carbonyl (C=O) groups is 1. The number of anilines is 1. The fourth-order valence-electron chi connectivity index (χ4n) is 2.15. The van der Waals surface area contributed by atoms with Gasteiger partial charge in [-0.15, -0.1) is 0 Å². The number of hydrogen-bond acceptors (Lipinski definition) is 3. The third kappa shape index (κ3) is 5.12. The van der Waals surface area contributed by atoms with Gasteiger partial charge in [0.25, 0.3) is 0 Å². The van der Waals surface area contributed by atoms with Crippen molar-refractivity contribution in [3.05, 3.63) is 22.7 Å². The van der Waals surface area contributed by atoms with Crippen molar-refractivity contribution in [1.29, 1.82) is 0 Å². The number of amides is 1. The van der Waals surface area contributed by atoms with Crippen LogP contribution in [0, 0.1) is 6.92 Å². The Kier molecular flexibility index (Phi) is 7.37. The van der Waals surface area contributed by atoms with E-state index in [9.17, 15) is 4.79 Å². The Hall–Kier alpha value is -1.42. The maximum atomic E-state index is 12.2. The maximum Gasteiger partial charge on any atom is 0.241 e. The van der Waals surface area contributed by atoms with E-state index >= 15 is 0 Å². The lowest BCUT2D eigenvalue weighted by molar-refractivity contribution is -0.129. The molecule has 21 heavy (non-hydrogen) atoms. The van der Waals surface area contributed by atoms with Crippen LogP contribution in [0.25, 0.3) is 0 Å². The van der Waals surface area contributed by atoms with Gasteiger partial charge in [0.2, 0.25) is 5.91 Å². The molecule has 1 aromatic carbocycles. The molecule has 1 aromatic rings. The second-order valence-corrected chi connectivity index (χ2v) is 5.44. The second-order valence-electron chi connectivity index (χ2n) is 5.04. The summed E-state index contributed by atoms with van der Waals surface area (Å²) < 4.78 is 5.30. The van der Waals surface area contributed by atoms with Crippen molar-refractivity contribution in [3.63, 3.8) is 0 Å². The number of nitrogens with zero attached hydrogens (tertiary/aromatic N) is 1. The van der Waals surface area contributed by atoms with Gasteiger partial charge in [-0.3, -0.25) is 4.79 Å². The molecular weight excluding hydrogens is 288 g/mol. The van der Waals surface area contributed by atoms with E-state index in [1.54, 1.807) is 13.2 Å². The number of carbonyl (C=O) groups excluding carboxylic acids is 1. The third-order valence-corrected chi connectivity index (χ3v) is 3.66. The zero-order valence-corrected chi connectivity index (χ0v) is 14.1. The molecule has 0 aliphatic carbocycles. The summed E-state index contributed by atoms with van der Waals surface area (Å²) in [6, 6.07) is 3.66. The summed E-state index contributed by atoms with van der Waals surface area (Å²) in [6.07, 6.45) is 1.93. The molecule has 0 heterocycles. The summed E-state index contributed by atoms with van der Waals surface area (Å²) in [5, 5.41) is 3.81. The summed E-state index contributed by atoms with van der Waals surface area (Å²) in [7, 11) is 1.59. The van der Waals surface area contributed by atoms with E-state index in [4.69, 9.17) is 16.3 Å². The maximum absolute atomic E-state index is 12.2. The lowest BCUT2D eigenvalue weighted by atomic mass is 10.2. The summed E-state index contributed by atoms with van der Waals surface area (Å²) in [5.74, 6) is 0.754. The Morgan fingerprint density at radius 3 is 2.43 bits per heavy atom. The number of aryl methyl sites for hydroxylation is 1. The highest BCUT2D eigenvalue weighted by Crippen LogP contribution is 2.30. The van der Waals surface area contributed by atoms with Gasteiger partial charge < -0.3 is 15.0 Å². The highest BCUT2D eigenvalue weighted by Gasteiger charge is 2.13. The zero-order chi connectivity index (χ0) is 15.8. The van der Waals surface area contributed by atoms with E-state index in [1.165, 1.54) is 0 Å². The largest absolute Gasteiger partial charge is 0.495 e.